The van der Waals surface area contributed by atoms with E-state index in [0.29, 0.717) is 23.1 Å². The van der Waals surface area contributed by atoms with Gasteiger partial charge in [0.2, 0.25) is 11.9 Å². The van der Waals surface area contributed by atoms with Gasteiger partial charge in [0.05, 0.1) is 6.61 Å². The van der Waals surface area contributed by atoms with Gasteiger partial charge in [-0.1, -0.05) is 48.0 Å². The monoisotopic (exact) mass is 411 g/mol. The van der Waals surface area contributed by atoms with Gasteiger partial charge in [-0.2, -0.15) is 0 Å². The number of carbonyl (C=O) groups excluding carboxylic acids is 2. The van der Waals surface area contributed by atoms with Gasteiger partial charge in [-0.15, -0.1) is 0 Å². The highest BCUT2D eigenvalue weighted by atomic mass is 35.5. The Balaban J connectivity index is 1.69. The lowest BCUT2D eigenvalue weighted by molar-refractivity contribution is -0.153. The quantitative estimate of drug-likeness (QED) is 0.622. The zero-order valence-electron chi connectivity index (χ0n) is 16.1. The Morgan fingerprint density at radius 1 is 1.24 bits per heavy atom. The summed E-state index contributed by atoms with van der Waals surface area (Å²) in [5.41, 5.74) is 3.23. The van der Waals surface area contributed by atoms with Crippen LogP contribution in [0.5, 0.6) is 0 Å². The van der Waals surface area contributed by atoms with E-state index in [2.05, 4.69) is 17.4 Å². The van der Waals surface area contributed by atoms with Crippen LogP contribution in [0.15, 0.2) is 53.5 Å². The Morgan fingerprint density at radius 2 is 2.03 bits per heavy atom. The van der Waals surface area contributed by atoms with Crippen molar-refractivity contribution in [3.63, 3.8) is 0 Å². The van der Waals surface area contributed by atoms with Gasteiger partial charge < -0.3 is 9.64 Å². The minimum Gasteiger partial charge on any atom is -0.465 e. The van der Waals surface area contributed by atoms with Crippen molar-refractivity contribution in [1.29, 1.82) is 0 Å². The summed E-state index contributed by atoms with van der Waals surface area (Å²) in [6, 6.07) is 14.7. The largest absolute Gasteiger partial charge is 0.465 e. The molecular formula is C22H22ClN3O3. The Bertz CT molecular complexity index is 975. The fourth-order valence-electron chi connectivity index (χ4n) is 3.83. The highest BCUT2D eigenvalue weighted by molar-refractivity contribution is 6.30. The molecule has 0 aromatic heterocycles. The van der Waals surface area contributed by atoms with E-state index in [1.54, 1.807) is 25.1 Å². The first-order valence-corrected chi connectivity index (χ1v) is 10.1. The molecule has 0 fully saturated rings. The lowest BCUT2D eigenvalue weighted by Crippen LogP contribution is -2.53. The average molecular weight is 412 g/mol. The molecule has 1 N–H and O–H groups in total. The number of esters is 1. The van der Waals surface area contributed by atoms with Crippen LogP contribution in [0, 0.1) is 5.92 Å². The average Bonchev–Trinajstić information content (AvgIpc) is 2.73. The molecule has 1 amide bonds. The number of fused-ring (bicyclic) bond motifs is 1. The van der Waals surface area contributed by atoms with Crippen LogP contribution in [0.1, 0.15) is 29.7 Å². The maximum absolute atomic E-state index is 12.9. The first-order valence-electron chi connectivity index (χ1n) is 9.69. The van der Waals surface area contributed by atoms with Crippen molar-refractivity contribution in [3.05, 3.63) is 70.2 Å². The maximum Gasteiger partial charge on any atom is 0.321 e. The SMILES string of the molecule is CCOC(=O)[C@@H]1C(=O)NC(N2CCc3ccccc3C2)=N[C@@H]1c1cccc(Cl)c1. The molecule has 2 atom stereocenters. The standard InChI is InChI=1S/C22H22ClN3O3/c1-2-29-21(28)18-19(15-8-5-9-17(23)12-15)24-22(25-20(18)27)26-11-10-14-6-3-4-7-16(14)13-26/h3-9,12,18-19H,2,10-11,13H2,1H3,(H,24,25,27)/t18-,19+/m0/s1. The number of halogens is 1. The number of hydrogen-bond donors (Lipinski definition) is 1. The number of nitrogens with one attached hydrogen (secondary N) is 1. The van der Waals surface area contributed by atoms with Crippen molar-refractivity contribution in [2.75, 3.05) is 13.2 Å². The van der Waals surface area contributed by atoms with Crippen molar-refractivity contribution in [2.24, 2.45) is 10.9 Å². The molecule has 0 bridgehead atoms. The second-order valence-electron chi connectivity index (χ2n) is 7.11. The first kappa shape index (κ1) is 19.5. The van der Waals surface area contributed by atoms with Crippen molar-refractivity contribution in [1.82, 2.24) is 10.2 Å². The number of ether oxygens (including phenoxy) is 1. The minimum absolute atomic E-state index is 0.199. The van der Waals surface area contributed by atoms with Crippen LogP contribution in [-0.2, 0) is 27.3 Å². The number of guanidine groups is 1. The molecule has 7 heteroatoms. The molecule has 0 spiro atoms. The lowest BCUT2D eigenvalue weighted by Gasteiger charge is -2.36. The fourth-order valence-corrected chi connectivity index (χ4v) is 4.03. The van der Waals surface area contributed by atoms with Crippen molar-refractivity contribution in [3.8, 4) is 0 Å². The zero-order valence-corrected chi connectivity index (χ0v) is 16.9. The number of amides is 1. The molecule has 2 aromatic rings. The summed E-state index contributed by atoms with van der Waals surface area (Å²) in [6.45, 7) is 3.31. The molecule has 0 radical (unpaired) electrons. The molecule has 150 valence electrons. The summed E-state index contributed by atoms with van der Waals surface area (Å²) in [4.78, 5) is 32.3. The number of nitrogens with zero attached hydrogens (tertiary/aromatic N) is 2. The predicted molar refractivity (Wildman–Crippen MR) is 110 cm³/mol. The van der Waals surface area contributed by atoms with Crippen LogP contribution in [-0.4, -0.2) is 35.9 Å². The topological polar surface area (TPSA) is 71.0 Å². The van der Waals surface area contributed by atoms with Crippen molar-refractivity contribution >= 4 is 29.4 Å². The van der Waals surface area contributed by atoms with E-state index < -0.39 is 23.8 Å². The highest BCUT2D eigenvalue weighted by Crippen LogP contribution is 2.32. The third-order valence-electron chi connectivity index (χ3n) is 5.26. The van der Waals surface area contributed by atoms with Gasteiger partial charge in [0, 0.05) is 18.1 Å². The van der Waals surface area contributed by atoms with E-state index in [4.69, 9.17) is 21.3 Å². The summed E-state index contributed by atoms with van der Waals surface area (Å²) >= 11 is 6.15. The number of hydrogen-bond acceptors (Lipinski definition) is 5. The summed E-state index contributed by atoms with van der Waals surface area (Å²) < 4.78 is 5.15. The van der Waals surface area contributed by atoms with Gasteiger partial charge in [0.15, 0.2) is 5.92 Å². The highest BCUT2D eigenvalue weighted by Gasteiger charge is 2.42. The number of aliphatic imine (C=N–C) groups is 1. The van der Waals surface area contributed by atoms with Gasteiger partial charge in [0.1, 0.15) is 6.04 Å². The van der Waals surface area contributed by atoms with E-state index in [1.165, 1.54) is 11.1 Å². The van der Waals surface area contributed by atoms with Crippen molar-refractivity contribution < 1.29 is 14.3 Å². The zero-order chi connectivity index (χ0) is 20.4. The Labute approximate surface area is 174 Å². The maximum atomic E-state index is 12.9. The van der Waals surface area contributed by atoms with Gasteiger partial charge in [0.25, 0.3) is 0 Å². The number of carbonyl (C=O) groups is 2. The van der Waals surface area contributed by atoms with Crippen LogP contribution in [0.25, 0.3) is 0 Å². The summed E-state index contributed by atoms with van der Waals surface area (Å²) in [6.07, 6.45) is 0.869. The Hall–Kier alpha value is -2.86. The number of rotatable bonds is 3. The normalized spacial score (nSPS) is 21.1. The second-order valence-corrected chi connectivity index (χ2v) is 7.55. The van der Waals surface area contributed by atoms with E-state index in [0.717, 1.165) is 13.0 Å². The smallest absolute Gasteiger partial charge is 0.321 e. The van der Waals surface area contributed by atoms with Crippen LogP contribution in [0.4, 0.5) is 0 Å². The molecule has 2 aliphatic rings. The van der Waals surface area contributed by atoms with Crippen molar-refractivity contribution in [2.45, 2.75) is 25.9 Å². The third kappa shape index (κ3) is 3.98. The first-order chi connectivity index (χ1) is 14.1. The fraction of sp³-hybridized carbons (Fsp3) is 0.318. The summed E-state index contributed by atoms with van der Waals surface area (Å²) in [5.74, 6) is -1.55. The molecule has 2 aromatic carbocycles. The lowest BCUT2D eigenvalue weighted by atomic mass is 9.91. The van der Waals surface area contributed by atoms with E-state index in [9.17, 15) is 9.59 Å². The number of benzene rings is 2. The molecule has 2 heterocycles. The minimum atomic E-state index is -1.05. The van der Waals surface area contributed by atoms with Crippen LogP contribution in [0.3, 0.4) is 0 Å². The van der Waals surface area contributed by atoms with Crippen LogP contribution < -0.4 is 5.32 Å². The molecule has 0 aliphatic carbocycles. The van der Waals surface area contributed by atoms with Gasteiger partial charge in [-0.25, -0.2) is 4.99 Å². The van der Waals surface area contributed by atoms with Crippen LogP contribution >= 0.6 is 11.6 Å². The molecule has 4 rings (SSSR count). The van der Waals surface area contributed by atoms with Gasteiger partial charge >= 0.3 is 5.97 Å². The summed E-state index contributed by atoms with van der Waals surface area (Å²) in [7, 11) is 0. The van der Waals surface area contributed by atoms with Crippen LogP contribution in [0.2, 0.25) is 5.02 Å². The molecule has 29 heavy (non-hydrogen) atoms. The molecule has 2 aliphatic heterocycles. The predicted octanol–water partition coefficient (Wildman–Crippen LogP) is 3.10. The van der Waals surface area contributed by atoms with E-state index in [-0.39, 0.29) is 6.61 Å². The van der Waals surface area contributed by atoms with E-state index >= 15 is 0 Å². The second kappa shape index (κ2) is 8.25. The molecule has 0 saturated heterocycles. The molecule has 6 nitrogen and oxygen atoms in total. The Kier molecular flexibility index (Phi) is 5.53. The van der Waals surface area contributed by atoms with Gasteiger partial charge in [-0.05, 0) is 42.2 Å². The molecule has 0 unspecified atom stereocenters. The molecular weight excluding hydrogens is 390 g/mol. The Morgan fingerprint density at radius 3 is 2.79 bits per heavy atom. The summed E-state index contributed by atoms with van der Waals surface area (Å²) in [5, 5.41) is 3.35. The third-order valence-corrected chi connectivity index (χ3v) is 5.49. The van der Waals surface area contributed by atoms with E-state index in [1.807, 2.05) is 23.1 Å². The molecule has 0 saturated carbocycles. The van der Waals surface area contributed by atoms with Gasteiger partial charge in [-0.3, -0.25) is 14.9 Å².